The molecule has 2 atom stereocenters. The topological polar surface area (TPSA) is 60.0 Å². The standard InChI is InChI=1S/C13H23N5/c1-2-17-7-5-10(9-17)8-12-15-16-13-11(14)4-3-6-18(12)13/h10-11H,2-9,14H2,1H3. The van der Waals surface area contributed by atoms with E-state index in [0.717, 1.165) is 43.4 Å². The van der Waals surface area contributed by atoms with Crippen LogP contribution in [0.5, 0.6) is 0 Å². The van der Waals surface area contributed by atoms with Crippen molar-refractivity contribution in [2.24, 2.45) is 11.7 Å². The summed E-state index contributed by atoms with van der Waals surface area (Å²) in [5.41, 5.74) is 6.08. The van der Waals surface area contributed by atoms with E-state index in [2.05, 4.69) is 26.6 Å². The summed E-state index contributed by atoms with van der Waals surface area (Å²) in [6.45, 7) is 6.90. The maximum absolute atomic E-state index is 6.08. The minimum atomic E-state index is 0.0933. The molecule has 1 fully saturated rings. The van der Waals surface area contributed by atoms with E-state index in [1.54, 1.807) is 0 Å². The lowest BCUT2D eigenvalue weighted by Crippen LogP contribution is -2.24. The van der Waals surface area contributed by atoms with Crippen LogP contribution in [0.1, 0.15) is 43.9 Å². The molecule has 0 amide bonds. The highest BCUT2D eigenvalue weighted by Gasteiger charge is 2.26. The van der Waals surface area contributed by atoms with Crippen molar-refractivity contribution in [2.45, 2.75) is 45.2 Å². The maximum Gasteiger partial charge on any atom is 0.149 e. The summed E-state index contributed by atoms with van der Waals surface area (Å²) in [5.74, 6) is 2.90. The molecule has 3 rings (SSSR count). The minimum Gasteiger partial charge on any atom is -0.321 e. The maximum atomic E-state index is 6.08. The Kier molecular flexibility index (Phi) is 3.35. The van der Waals surface area contributed by atoms with Crippen molar-refractivity contribution in [3.8, 4) is 0 Å². The highest BCUT2D eigenvalue weighted by atomic mass is 15.3. The molecule has 0 saturated carbocycles. The molecule has 1 aromatic rings. The normalized spacial score (nSPS) is 28.6. The molecule has 5 heteroatoms. The molecule has 0 aromatic carbocycles. The number of rotatable bonds is 3. The van der Waals surface area contributed by atoms with Crippen LogP contribution in [0.3, 0.4) is 0 Å². The number of nitrogens with two attached hydrogens (primary N) is 1. The van der Waals surface area contributed by atoms with Crippen LogP contribution in [0.4, 0.5) is 0 Å². The third kappa shape index (κ3) is 2.17. The first-order chi connectivity index (χ1) is 8.78. The SMILES string of the molecule is CCN1CCC(Cc2nnc3n2CCCC3N)C1. The fourth-order valence-corrected chi connectivity index (χ4v) is 3.24. The number of hydrogen-bond donors (Lipinski definition) is 1. The molecule has 2 unspecified atom stereocenters. The molecule has 0 radical (unpaired) electrons. The molecule has 100 valence electrons. The van der Waals surface area contributed by atoms with Crippen molar-refractivity contribution in [3.63, 3.8) is 0 Å². The third-order valence-corrected chi connectivity index (χ3v) is 4.37. The van der Waals surface area contributed by atoms with Gasteiger partial charge in [0.2, 0.25) is 0 Å². The van der Waals surface area contributed by atoms with E-state index in [4.69, 9.17) is 5.73 Å². The van der Waals surface area contributed by atoms with Gasteiger partial charge in [0.05, 0.1) is 6.04 Å². The van der Waals surface area contributed by atoms with E-state index in [1.807, 2.05) is 0 Å². The Bertz CT molecular complexity index is 414. The molecule has 2 aliphatic heterocycles. The lowest BCUT2D eigenvalue weighted by molar-refractivity contribution is 0.339. The van der Waals surface area contributed by atoms with Crippen molar-refractivity contribution in [3.05, 3.63) is 11.6 Å². The molecule has 2 N–H and O–H groups in total. The number of hydrogen-bond acceptors (Lipinski definition) is 4. The van der Waals surface area contributed by atoms with Gasteiger partial charge in [-0.1, -0.05) is 6.92 Å². The first-order valence-corrected chi connectivity index (χ1v) is 7.18. The Morgan fingerprint density at radius 1 is 1.28 bits per heavy atom. The van der Waals surface area contributed by atoms with E-state index in [1.165, 1.54) is 26.1 Å². The largest absolute Gasteiger partial charge is 0.321 e. The van der Waals surface area contributed by atoms with E-state index >= 15 is 0 Å². The van der Waals surface area contributed by atoms with Crippen molar-refractivity contribution in [1.29, 1.82) is 0 Å². The number of aromatic nitrogens is 3. The molecule has 5 nitrogen and oxygen atoms in total. The van der Waals surface area contributed by atoms with Crippen molar-refractivity contribution in [2.75, 3.05) is 19.6 Å². The fraction of sp³-hybridized carbons (Fsp3) is 0.846. The zero-order chi connectivity index (χ0) is 12.5. The molecule has 0 aliphatic carbocycles. The lowest BCUT2D eigenvalue weighted by Gasteiger charge is -2.21. The van der Waals surface area contributed by atoms with E-state index < -0.39 is 0 Å². The van der Waals surface area contributed by atoms with Gasteiger partial charge in [-0.2, -0.15) is 0 Å². The van der Waals surface area contributed by atoms with Crippen molar-refractivity contribution in [1.82, 2.24) is 19.7 Å². The van der Waals surface area contributed by atoms with Crippen LogP contribution in [-0.4, -0.2) is 39.3 Å². The summed E-state index contributed by atoms with van der Waals surface area (Å²) in [6, 6.07) is 0.0933. The van der Waals surface area contributed by atoms with Gasteiger partial charge in [-0.3, -0.25) is 0 Å². The van der Waals surface area contributed by atoms with Gasteiger partial charge in [-0.25, -0.2) is 0 Å². The number of likely N-dealkylation sites (tertiary alicyclic amines) is 1. The van der Waals surface area contributed by atoms with Gasteiger partial charge >= 0.3 is 0 Å². The summed E-state index contributed by atoms with van der Waals surface area (Å²) in [6.07, 6.45) is 4.56. The average molecular weight is 249 g/mol. The van der Waals surface area contributed by atoms with Gasteiger partial charge in [0.1, 0.15) is 11.6 Å². The quantitative estimate of drug-likeness (QED) is 0.866. The molecule has 3 heterocycles. The zero-order valence-corrected chi connectivity index (χ0v) is 11.2. The fourth-order valence-electron chi connectivity index (χ4n) is 3.24. The predicted molar refractivity (Wildman–Crippen MR) is 70.1 cm³/mol. The van der Waals surface area contributed by atoms with E-state index in [9.17, 15) is 0 Å². The van der Waals surface area contributed by atoms with Gasteiger partial charge < -0.3 is 15.2 Å². The van der Waals surface area contributed by atoms with Crippen LogP contribution in [0.15, 0.2) is 0 Å². The first-order valence-electron chi connectivity index (χ1n) is 7.18. The molecule has 2 aliphatic rings. The molecule has 1 saturated heterocycles. The minimum absolute atomic E-state index is 0.0933. The summed E-state index contributed by atoms with van der Waals surface area (Å²) >= 11 is 0. The van der Waals surface area contributed by atoms with Crippen molar-refractivity contribution >= 4 is 0 Å². The summed E-state index contributed by atoms with van der Waals surface area (Å²) in [4.78, 5) is 2.52. The van der Waals surface area contributed by atoms with Gasteiger partial charge in [0.25, 0.3) is 0 Å². The molecule has 18 heavy (non-hydrogen) atoms. The van der Waals surface area contributed by atoms with E-state index in [0.29, 0.717) is 0 Å². The van der Waals surface area contributed by atoms with Gasteiger partial charge in [0.15, 0.2) is 0 Å². The molecule has 0 spiro atoms. The predicted octanol–water partition coefficient (Wildman–Crippen LogP) is 0.956. The Morgan fingerprint density at radius 2 is 2.17 bits per heavy atom. The van der Waals surface area contributed by atoms with Crippen LogP contribution in [0.25, 0.3) is 0 Å². The Hall–Kier alpha value is -0.940. The number of fused-ring (bicyclic) bond motifs is 1. The zero-order valence-electron chi connectivity index (χ0n) is 11.2. The van der Waals surface area contributed by atoms with Crippen LogP contribution in [0.2, 0.25) is 0 Å². The van der Waals surface area contributed by atoms with Crippen LogP contribution in [0, 0.1) is 5.92 Å². The molecular weight excluding hydrogens is 226 g/mol. The lowest BCUT2D eigenvalue weighted by atomic mass is 10.0. The molecule has 1 aromatic heterocycles. The van der Waals surface area contributed by atoms with Gasteiger partial charge in [-0.15, -0.1) is 10.2 Å². The molecule has 0 bridgehead atoms. The summed E-state index contributed by atoms with van der Waals surface area (Å²) < 4.78 is 2.27. The van der Waals surface area contributed by atoms with Crippen LogP contribution in [-0.2, 0) is 13.0 Å². The monoisotopic (exact) mass is 249 g/mol. The Balaban J connectivity index is 1.70. The van der Waals surface area contributed by atoms with Crippen LogP contribution < -0.4 is 5.73 Å². The van der Waals surface area contributed by atoms with Gasteiger partial charge in [0, 0.05) is 19.5 Å². The summed E-state index contributed by atoms with van der Waals surface area (Å²) in [5, 5.41) is 8.67. The number of nitrogens with zero attached hydrogens (tertiary/aromatic N) is 4. The van der Waals surface area contributed by atoms with Crippen LogP contribution >= 0.6 is 0 Å². The highest BCUT2D eigenvalue weighted by molar-refractivity contribution is 5.04. The average Bonchev–Trinajstić information content (AvgIpc) is 2.98. The summed E-state index contributed by atoms with van der Waals surface area (Å²) in [7, 11) is 0. The third-order valence-electron chi connectivity index (χ3n) is 4.37. The first kappa shape index (κ1) is 12.1. The second-order valence-corrected chi connectivity index (χ2v) is 5.63. The van der Waals surface area contributed by atoms with E-state index in [-0.39, 0.29) is 6.04 Å². The Labute approximate surface area is 108 Å². The van der Waals surface area contributed by atoms with Gasteiger partial charge in [-0.05, 0) is 38.3 Å². The highest BCUT2D eigenvalue weighted by Crippen LogP contribution is 2.25. The smallest absolute Gasteiger partial charge is 0.149 e. The second-order valence-electron chi connectivity index (χ2n) is 5.63. The molecular formula is C13H23N5. The van der Waals surface area contributed by atoms with Crippen molar-refractivity contribution < 1.29 is 0 Å². The Morgan fingerprint density at radius 3 is 2.94 bits per heavy atom. The second kappa shape index (κ2) is 4.97.